The van der Waals surface area contributed by atoms with Crippen molar-refractivity contribution in [3.63, 3.8) is 0 Å². The fraction of sp³-hybridized carbons (Fsp3) is 0.333. The highest BCUT2D eigenvalue weighted by atomic mass is 16.5. The van der Waals surface area contributed by atoms with Gasteiger partial charge in [0.15, 0.2) is 5.52 Å². The van der Waals surface area contributed by atoms with Crippen LogP contribution in [0.25, 0.3) is 22.6 Å². The van der Waals surface area contributed by atoms with Crippen LogP contribution in [-0.2, 0) is 4.79 Å². The third-order valence-corrected chi connectivity index (χ3v) is 4.80. The molecule has 11 heteroatoms. The van der Waals surface area contributed by atoms with Gasteiger partial charge in [-0.3, -0.25) is 14.4 Å². The van der Waals surface area contributed by atoms with Gasteiger partial charge in [0.2, 0.25) is 5.65 Å². The van der Waals surface area contributed by atoms with Gasteiger partial charge < -0.3 is 19.7 Å². The number of ether oxygens (including phenoxy) is 1. The standard InChI is InChI=1S/C18H18N6O5/c1-2-29-12-7-9(17(26)24-6-5-10(8-24)18(27)28)3-4-11(12)14-19-15-13(16(25)20-14)21-23-22-15/h3-4,7,10H,2,5-6,8H2,1H3,(H,27,28)(H2,19,20,21,22,23,25)/t10-/m0/s1. The molecule has 0 unspecified atom stereocenters. The number of aromatic nitrogens is 5. The first-order valence-electron chi connectivity index (χ1n) is 9.08. The van der Waals surface area contributed by atoms with Gasteiger partial charge in [-0.2, -0.15) is 5.21 Å². The van der Waals surface area contributed by atoms with Crippen molar-refractivity contribution >= 4 is 23.0 Å². The van der Waals surface area contributed by atoms with Crippen molar-refractivity contribution in [1.82, 2.24) is 30.3 Å². The van der Waals surface area contributed by atoms with Crippen LogP contribution in [0.3, 0.4) is 0 Å². The topological polar surface area (TPSA) is 154 Å². The van der Waals surface area contributed by atoms with Crippen molar-refractivity contribution in [3.8, 4) is 17.1 Å². The van der Waals surface area contributed by atoms with Crippen LogP contribution in [0.2, 0.25) is 0 Å². The Morgan fingerprint density at radius 2 is 2.17 bits per heavy atom. The number of nitrogens with one attached hydrogen (secondary N) is 2. The molecule has 3 N–H and O–H groups in total. The number of hydrogen-bond acceptors (Lipinski definition) is 7. The van der Waals surface area contributed by atoms with E-state index < -0.39 is 17.4 Å². The quantitative estimate of drug-likeness (QED) is 0.566. The number of carbonyl (C=O) groups excluding carboxylic acids is 1. The summed E-state index contributed by atoms with van der Waals surface area (Å²) in [4.78, 5) is 44.6. The summed E-state index contributed by atoms with van der Waals surface area (Å²) in [7, 11) is 0. The van der Waals surface area contributed by atoms with E-state index in [1.807, 2.05) is 0 Å². The van der Waals surface area contributed by atoms with E-state index in [-0.39, 0.29) is 29.4 Å². The molecule has 1 atom stereocenters. The van der Waals surface area contributed by atoms with E-state index in [9.17, 15) is 14.4 Å². The van der Waals surface area contributed by atoms with Gasteiger partial charge in [0.25, 0.3) is 11.5 Å². The maximum atomic E-state index is 12.8. The Bertz CT molecular complexity index is 1150. The zero-order valence-electron chi connectivity index (χ0n) is 15.5. The number of benzene rings is 1. The van der Waals surface area contributed by atoms with E-state index >= 15 is 0 Å². The average molecular weight is 398 g/mol. The smallest absolute Gasteiger partial charge is 0.308 e. The first-order chi connectivity index (χ1) is 14.0. The van der Waals surface area contributed by atoms with E-state index in [2.05, 4.69) is 25.4 Å². The number of H-pyrrole nitrogens is 2. The van der Waals surface area contributed by atoms with Crippen molar-refractivity contribution in [2.45, 2.75) is 13.3 Å². The first kappa shape index (κ1) is 18.6. The number of aliphatic carboxylic acids is 1. The van der Waals surface area contributed by atoms with Crippen LogP contribution >= 0.6 is 0 Å². The lowest BCUT2D eigenvalue weighted by atomic mass is 10.1. The number of amides is 1. The predicted octanol–water partition coefficient (Wildman–Crippen LogP) is 0.654. The molecule has 0 saturated carbocycles. The zero-order valence-corrected chi connectivity index (χ0v) is 15.5. The lowest BCUT2D eigenvalue weighted by Crippen LogP contribution is -2.30. The molecule has 0 radical (unpaired) electrons. The fourth-order valence-electron chi connectivity index (χ4n) is 3.34. The number of rotatable bonds is 5. The average Bonchev–Trinajstić information content (AvgIpc) is 3.37. The lowest BCUT2D eigenvalue weighted by molar-refractivity contribution is -0.141. The molecular formula is C18H18N6O5. The summed E-state index contributed by atoms with van der Waals surface area (Å²) in [6.45, 7) is 2.70. The van der Waals surface area contributed by atoms with Crippen LogP contribution in [0.1, 0.15) is 23.7 Å². The molecule has 0 bridgehead atoms. The van der Waals surface area contributed by atoms with Crippen LogP contribution in [-0.4, -0.2) is 67.0 Å². The van der Waals surface area contributed by atoms with Gasteiger partial charge >= 0.3 is 5.97 Å². The molecule has 1 aliphatic heterocycles. The van der Waals surface area contributed by atoms with Crippen LogP contribution < -0.4 is 10.3 Å². The Kier molecular flexibility index (Phi) is 4.71. The number of nitrogens with zero attached hydrogens (tertiary/aromatic N) is 4. The Morgan fingerprint density at radius 1 is 1.34 bits per heavy atom. The molecule has 1 aliphatic rings. The molecule has 1 fully saturated rings. The molecule has 3 heterocycles. The third kappa shape index (κ3) is 3.42. The molecule has 0 aliphatic carbocycles. The summed E-state index contributed by atoms with van der Waals surface area (Å²) in [5, 5.41) is 19.1. The molecular weight excluding hydrogens is 380 g/mol. The van der Waals surface area contributed by atoms with E-state index in [0.29, 0.717) is 36.4 Å². The molecule has 1 saturated heterocycles. The molecule has 3 aromatic rings. The van der Waals surface area contributed by atoms with Crippen LogP contribution in [0.5, 0.6) is 5.75 Å². The highest BCUT2D eigenvalue weighted by molar-refractivity contribution is 5.96. The summed E-state index contributed by atoms with van der Waals surface area (Å²) in [5.41, 5.74) is 0.685. The maximum Gasteiger partial charge on any atom is 0.308 e. The minimum Gasteiger partial charge on any atom is -0.493 e. The maximum absolute atomic E-state index is 12.8. The molecule has 11 nitrogen and oxygen atoms in total. The lowest BCUT2D eigenvalue weighted by Gasteiger charge is -2.17. The number of carbonyl (C=O) groups is 2. The SMILES string of the molecule is CCOc1cc(C(=O)N2CC[C@H](C(=O)O)C2)ccc1-c1nc2n[nH]nc2c(=O)[nH]1. The van der Waals surface area contributed by atoms with Gasteiger partial charge in [-0.25, -0.2) is 4.98 Å². The second-order valence-corrected chi connectivity index (χ2v) is 6.63. The van der Waals surface area contributed by atoms with Crippen LogP contribution in [0, 0.1) is 5.92 Å². The number of hydrogen-bond donors (Lipinski definition) is 3. The summed E-state index contributed by atoms with van der Waals surface area (Å²) in [6.07, 6.45) is 0.431. The second kappa shape index (κ2) is 7.34. The van der Waals surface area contributed by atoms with Gasteiger partial charge in [-0.15, -0.1) is 10.2 Å². The molecule has 1 aromatic carbocycles. The van der Waals surface area contributed by atoms with Crippen molar-refractivity contribution < 1.29 is 19.4 Å². The molecule has 4 rings (SSSR count). The third-order valence-electron chi connectivity index (χ3n) is 4.80. The molecule has 1 amide bonds. The van der Waals surface area contributed by atoms with E-state index in [0.717, 1.165) is 0 Å². The highest BCUT2D eigenvalue weighted by Gasteiger charge is 2.31. The molecule has 2 aromatic heterocycles. The fourth-order valence-corrected chi connectivity index (χ4v) is 3.34. The summed E-state index contributed by atoms with van der Waals surface area (Å²) in [5.74, 6) is -1.10. The number of carboxylic acid groups (broad SMARTS) is 1. The second-order valence-electron chi connectivity index (χ2n) is 6.63. The van der Waals surface area contributed by atoms with Gasteiger partial charge in [0, 0.05) is 18.7 Å². The van der Waals surface area contributed by atoms with Crippen molar-refractivity contribution in [1.29, 1.82) is 0 Å². The molecule has 150 valence electrons. The van der Waals surface area contributed by atoms with Gasteiger partial charge in [0.1, 0.15) is 11.6 Å². The van der Waals surface area contributed by atoms with E-state index in [1.165, 1.54) is 4.90 Å². The molecule has 0 spiro atoms. The minimum absolute atomic E-state index is 0.0977. The number of fused-ring (bicyclic) bond motifs is 1. The van der Waals surface area contributed by atoms with Gasteiger partial charge in [-0.1, -0.05) is 0 Å². The Balaban J connectivity index is 1.69. The number of aromatic amines is 2. The van der Waals surface area contributed by atoms with Crippen molar-refractivity contribution in [3.05, 3.63) is 34.1 Å². The Morgan fingerprint density at radius 3 is 2.90 bits per heavy atom. The summed E-state index contributed by atoms with van der Waals surface area (Å²) >= 11 is 0. The normalized spacial score (nSPS) is 16.3. The monoisotopic (exact) mass is 398 g/mol. The Hall–Kier alpha value is -3.76. The number of likely N-dealkylation sites (tertiary alicyclic amines) is 1. The zero-order chi connectivity index (χ0) is 20.5. The largest absolute Gasteiger partial charge is 0.493 e. The van der Waals surface area contributed by atoms with Crippen molar-refractivity contribution in [2.75, 3.05) is 19.7 Å². The summed E-state index contributed by atoms with van der Waals surface area (Å²) in [6, 6.07) is 4.80. The minimum atomic E-state index is -0.899. The number of carboxylic acids is 1. The Labute approximate surface area is 163 Å². The van der Waals surface area contributed by atoms with Gasteiger partial charge in [-0.05, 0) is 31.5 Å². The highest BCUT2D eigenvalue weighted by Crippen LogP contribution is 2.30. The van der Waals surface area contributed by atoms with Crippen molar-refractivity contribution in [2.24, 2.45) is 5.92 Å². The van der Waals surface area contributed by atoms with Gasteiger partial charge in [0.05, 0.1) is 18.1 Å². The van der Waals surface area contributed by atoms with E-state index in [4.69, 9.17) is 9.84 Å². The molecule has 29 heavy (non-hydrogen) atoms. The first-order valence-corrected chi connectivity index (χ1v) is 9.08. The predicted molar refractivity (Wildman–Crippen MR) is 101 cm³/mol. The van der Waals surface area contributed by atoms with Crippen LogP contribution in [0.4, 0.5) is 0 Å². The van der Waals surface area contributed by atoms with E-state index in [1.54, 1.807) is 25.1 Å². The summed E-state index contributed by atoms with van der Waals surface area (Å²) < 4.78 is 5.67. The van der Waals surface area contributed by atoms with Crippen LogP contribution in [0.15, 0.2) is 23.0 Å².